The second kappa shape index (κ2) is 6.75. The third-order valence-corrected chi connectivity index (χ3v) is 4.14. The molecule has 0 aliphatic carbocycles. The van der Waals surface area contributed by atoms with Gasteiger partial charge in [0, 0.05) is 24.8 Å². The molecule has 1 aliphatic heterocycles. The van der Waals surface area contributed by atoms with Gasteiger partial charge < -0.3 is 16.0 Å². The standard InChI is InChI=1S/C16H25N3O/c1-3-13-7-9-19(10-8-13)16(20)18-15-6-4-5-14(11-15)12(2)17/h4-6,11-13H,3,7-10,17H2,1-2H3,(H,18,20). The zero-order chi connectivity index (χ0) is 14.5. The highest BCUT2D eigenvalue weighted by atomic mass is 16.2. The van der Waals surface area contributed by atoms with E-state index in [1.165, 1.54) is 6.42 Å². The zero-order valence-electron chi connectivity index (χ0n) is 12.4. The summed E-state index contributed by atoms with van der Waals surface area (Å²) in [5.41, 5.74) is 7.72. The van der Waals surface area contributed by atoms with Crippen LogP contribution < -0.4 is 11.1 Å². The molecule has 1 unspecified atom stereocenters. The monoisotopic (exact) mass is 275 g/mol. The molecule has 0 aromatic heterocycles. The van der Waals surface area contributed by atoms with Crippen molar-refractivity contribution in [3.63, 3.8) is 0 Å². The van der Waals surface area contributed by atoms with Crippen molar-refractivity contribution in [2.45, 2.75) is 39.2 Å². The summed E-state index contributed by atoms with van der Waals surface area (Å²) in [6.07, 6.45) is 3.44. The fourth-order valence-corrected chi connectivity index (χ4v) is 2.65. The number of piperidine rings is 1. The van der Waals surface area contributed by atoms with Crippen molar-refractivity contribution in [1.29, 1.82) is 0 Å². The average Bonchev–Trinajstić information content (AvgIpc) is 2.47. The quantitative estimate of drug-likeness (QED) is 0.888. The molecule has 1 aromatic carbocycles. The van der Waals surface area contributed by atoms with Crippen LogP contribution in [0, 0.1) is 5.92 Å². The number of anilines is 1. The molecule has 1 heterocycles. The molecule has 2 rings (SSSR count). The highest BCUT2D eigenvalue weighted by Gasteiger charge is 2.21. The van der Waals surface area contributed by atoms with E-state index in [-0.39, 0.29) is 12.1 Å². The maximum atomic E-state index is 12.2. The van der Waals surface area contributed by atoms with Crippen LogP contribution in [-0.2, 0) is 0 Å². The van der Waals surface area contributed by atoms with E-state index in [0.29, 0.717) is 0 Å². The molecule has 0 radical (unpaired) electrons. The van der Waals surface area contributed by atoms with E-state index < -0.39 is 0 Å². The first-order valence-electron chi connectivity index (χ1n) is 7.51. The third kappa shape index (κ3) is 3.73. The Morgan fingerprint density at radius 1 is 1.45 bits per heavy atom. The molecule has 3 N–H and O–H groups in total. The summed E-state index contributed by atoms with van der Waals surface area (Å²) in [7, 11) is 0. The molecule has 1 atom stereocenters. The van der Waals surface area contributed by atoms with E-state index in [1.54, 1.807) is 0 Å². The number of carbonyl (C=O) groups excluding carboxylic acids is 1. The molecule has 1 aliphatic rings. The Kier molecular flexibility index (Phi) is 5.01. The number of benzene rings is 1. The van der Waals surface area contributed by atoms with Crippen LogP contribution in [0.15, 0.2) is 24.3 Å². The van der Waals surface area contributed by atoms with Crippen molar-refractivity contribution < 1.29 is 4.79 Å². The fourth-order valence-electron chi connectivity index (χ4n) is 2.65. The number of nitrogens with zero attached hydrogens (tertiary/aromatic N) is 1. The second-order valence-electron chi connectivity index (χ2n) is 5.68. The molecule has 1 saturated heterocycles. The van der Waals surface area contributed by atoms with Gasteiger partial charge in [0.25, 0.3) is 0 Å². The first-order valence-corrected chi connectivity index (χ1v) is 7.51. The Morgan fingerprint density at radius 2 is 2.15 bits per heavy atom. The largest absolute Gasteiger partial charge is 0.325 e. The minimum Gasteiger partial charge on any atom is -0.325 e. The Hall–Kier alpha value is -1.55. The van der Waals surface area contributed by atoms with Gasteiger partial charge in [-0.2, -0.15) is 0 Å². The highest BCUT2D eigenvalue weighted by Crippen LogP contribution is 2.21. The van der Waals surface area contributed by atoms with Crippen LogP contribution in [0.5, 0.6) is 0 Å². The van der Waals surface area contributed by atoms with Gasteiger partial charge in [-0.1, -0.05) is 25.5 Å². The molecule has 0 saturated carbocycles. The maximum absolute atomic E-state index is 12.2. The van der Waals surface area contributed by atoms with Crippen molar-refractivity contribution in [1.82, 2.24) is 4.90 Å². The molecule has 1 aromatic rings. The van der Waals surface area contributed by atoms with Crippen LogP contribution in [0.3, 0.4) is 0 Å². The van der Waals surface area contributed by atoms with E-state index in [9.17, 15) is 4.79 Å². The second-order valence-corrected chi connectivity index (χ2v) is 5.68. The summed E-state index contributed by atoms with van der Waals surface area (Å²) in [6.45, 7) is 5.88. The third-order valence-electron chi connectivity index (χ3n) is 4.14. The molecule has 2 amide bonds. The van der Waals surface area contributed by atoms with Gasteiger partial charge in [-0.3, -0.25) is 0 Å². The van der Waals surface area contributed by atoms with Crippen molar-refractivity contribution in [2.24, 2.45) is 11.7 Å². The van der Waals surface area contributed by atoms with Crippen molar-refractivity contribution in [3.05, 3.63) is 29.8 Å². The zero-order valence-corrected chi connectivity index (χ0v) is 12.4. The van der Waals surface area contributed by atoms with Crippen LogP contribution in [0.2, 0.25) is 0 Å². The normalized spacial score (nSPS) is 17.9. The lowest BCUT2D eigenvalue weighted by molar-refractivity contribution is 0.181. The van der Waals surface area contributed by atoms with E-state index in [1.807, 2.05) is 36.1 Å². The lowest BCUT2D eigenvalue weighted by Crippen LogP contribution is -2.40. The Morgan fingerprint density at radius 3 is 2.75 bits per heavy atom. The molecule has 110 valence electrons. The van der Waals surface area contributed by atoms with E-state index in [4.69, 9.17) is 5.73 Å². The fraction of sp³-hybridized carbons (Fsp3) is 0.562. The Balaban J connectivity index is 1.93. The predicted octanol–water partition coefficient (Wildman–Crippen LogP) is 3.36. The summed E-state index contributed by atoms with van der Waals surface area (Å²) < 4.78 is 0. The number of urea groups is 1. The van der Waals surface area contributed by atoms with E-state index >= 15 is 0 Å². The van der Waals surface area contributed by atoms with Crippen molar-refractivity contribution >= 4 is 11.7 Å². The van der Waals surface area contributed by atoms with Crippen LogP contribution >= 0.6 is 0 Å². The molecule has 0 spiro atoms. The highest BCUT2D eigenvalue weighted by molar-refractivity contribution is 5.89. The SMILES string of the molecule is CCC1CCN(C(=O)Nc2cccc(C(C)N)c2)CC1. The van der Waals surface area contributed by atoms with Gasteiger partial charge in [0.2, 0.25) is 0 Å². The summed E-state index contributed by atoms with van der Waals surface area (Å²) >= 11 is 0. The molecular weight excluding hydrogens is 250 g/mol. The maximum Gasteiger partial charge on any atom is 0.321 e. The lowest BCUT2D eigenvalue weighted by Gasteiger charge is -2.31. The summed E-state index contributed by atoms with van der Waals surface area (Å²) in [5.74, 6) is 0.778. The van der Waals surface area contributed by atoms with Crippen LogP contribution in [0.4, 0.5) is 10.5 Å². The van der Waals surface area contributed by atoms with Crippen LogP contribution in [0.1, 0.15) is 44.7 Å². The first-order chi connectivity index (χ1) is 9.60. The average molecular weight is 275 g/mol. The number of nitrogens with one attached hydrogen (secondary N) is 1. The van der Waals surface area contributed by atoms with Crippen LogP contribution in [0.25, 0.3) is 0 Å². The molecule has 1 fully saturated rings. The van der Waals surface area contributed by atoms with Gasteiger partial charge >= 0.3 is 6.03 Å². The van der Waals surface area contributed by atoms with Gasteiger partial charge in [0.05, 0.1) is 0 Å². The summed E-state index contributed by atoms with van der Waals surface area (Å²) in [4.78, 5) is 14.1. The molecular formula is C16H25N3O. The molecule has 0 bridgehead atoms. The Labute approximate surface area is 121 Å². The number of carbonyl (C=O) groups is 1. The van der Waals surface area contributed by atoms with Crippen LogP contribution in [-0.4, -0.2) is 24.0 Å². The van der Waals surface area contributed by atoms with Gasteiger partial charge in [0.1, 0.15) is 0 Å². The molecule has 20 heavy (non-hydrogen) atoms. The first kappa shape index (κ1) is 14.9. The molecule has 4 nitrogen and oxygen atoms in total. The van der Waals surface area contributed by atoms with E-state index in [2.05, 4.69) is 12.2 Å². The number of amides is 2. The van der Waals surface area contributed by atoms with Gasteiger partial charge in [0.15, 0.2) is 0 Å². The number of hydrogen-bond acceptors (Lipinski definition) is 2. The lowest BCUT2D eigenvalue weighted by atomic mass is 9.95. The number of likely N-dealkylation sites (tertiary alicyclic amines) is 1. The number of nitrogens with two attached hydrogens (primary N) is 1. The number of rotatable bonds is 3. The smallest absolute Gasteiger partial charge is 0.321 e. The molecule has 4 heteroatoms. The van der Waals surface area contributed by atoms with Crippen molar-refractivity contribution in [2.75, 3.05) is 18.4 Å². The Bertz CT molecular complexity index is 451. The minimum absolute atomic E-state index is 0.00128. The minimum atomic E-state index is -0.0212. The van der Waals surface area contributed by atoms with E-state index in [0.717, 1.165) is 43.1 Å². The topological polar surface area (TPSA) is 58.4 Å². The van der Waals surface area contributed by atoms with Gasteiger partial charge in [-0.05, 0) is 43.4 Å². The summed E-state index contributed by atoms with van der Waals surface area (Å²) in [6, 6.07) is 7.74. The van der Waals surface area contributed by atoms with Crippen molar-refractivity contribution in [3.8, 4) is 0 Å². The van der Waals surface area contributed by atoms with Gasteiger partial charge in [-0.15, -0.1) is 0 Å². The predicted molar refractivity (Wildman–Crippen MR) is 82.7 cm³/mol. The number of hydrogen-bond donors (Lipinski definition) is 2. The van der Waals surface area contributed by atoms with Gasteiger partial charge in [-0.25, -0.2) is 4.79 Å². The summed E-state index contributed by atoms with van der Waals surface area (Å²) in [5, 5.41) is 2.97.